The summed E-state index contributed by atoms with van der Waals surface area (Å²) in [5, 5.41) is 24.0. The first-order valence-electron chi connectivity index (χ1n) is 13.0. The van der Waals surface area contributed by atoms with Crippen LogP contribution in [0.1, 0.15) is 30.4 Å². The Kier molecular flexibility index (Phi) is 7.52. The molecule has 5 aromatic rings. The van der Waals surface area contributed by atoms with E-state index in [9.17, 15) is 15.2 Å². The fraction of sp³-hybridized carbons (Fsp3) is 0.241. The number of anilines is 2. The van der Waals surface area contributed by atoms with Crippen LogP contribution in [0.4, 0.5) is 11.8 Å². The van der Waals surface area contributed by atoms with Gasteiger partial charge in [0.05, 0.1) is 48.2 Å². The number of nitrogens with zero attached hydrogens (tertiary/aromatic N) is 8. The highest BCUT2D eigenvalue weighted by Gasteiger charge is 2.22. The Morgan fingerprint density at radius 2 is 1.90 bits per heavy atom. The molecule has 0 fully saturated rings. The van der Waals surface area contributed by atoms with Crippen LogP contribution in [-0.4, -0.2) is 47.6 Å². The fourth-order valence-electron chi connectivity index (χ4n) is 4.83. The van der Waals surface area contributed by atoms with Crippen LogP contribution < -0.4 is 16.2 Å². The first-order valence-corrected chi connectivity index (χ1v) is 13.0. The molecule has 0 saturated carbocycles. The molecule has 3 heterocycles. The molecular weight excluding hydrogens is 506 g/mol. The molecule has 202 valence electrons. The molecule has 0 radical (unpaired) electrons. The van der Waals surface area contributed by atoms with Crippen molar-refractivity contribution in [2.75, 3.05) is 23.8 Å². The number of nitriles is 1. The van der Waals surface area contributed by atoms with E-state index < -0.39 is 0 Å². The van der Waals surface area contributed by atoms with Crippen LogP contribution in [0.3, 0.4) is 0 Å². The molecule has 0 aliphatic carbocycles. The number of fused-ring (bicyclic) bond motifs is 1. The van der Waals surface area contributed by atoms with E-state index in [1.54, 1.807) is 28.6 Å². The van der Waals surface area contributed by atoms with Gasteiger partial charge in [0, 0.05) is 18.3 Å². The molecule has 0 saturated heterocycles. The van der Waals surface area contributed by atoms with Crippen LogP contribution in [0.2, 0.25) is 0 Å². The van der Waals surface area contributed by atoms with E-state index in [4.69, 9.17) is 10.7 Å². The molecule has 3 N–H and O–H groups in total. The number of para-hydroxylation sites is 1. The van der Waals surface area contributed by atoms with Gasteiger partial charge in [-0.3, -0.25) is 14.0 Å². The van der Waals surface area contributed by atoms with Crippen LogP contribution in [0, 0.1) is 18.3 Å². The average molecular weight is 536 g/mol. The highest BCUT2D eigenvalue weighted by molar-refractivity contribution is 5.94. The summed E-state index contributed by atoms with van der Waals surface area (Å²) in [6.45, 7) is 4.82. The van der Waals surface area contributed by atoms with Crippen molar-refractivity contribution in [3.05, 3.63) is 88.4 Å². The van der Waals surface area contributed by atoms with E-state index in [0.29, 0.717) is 58.1 Å². The van der Waals surface area contributed by atoms with Gasteiger partial charge in [-0.15, -0.1) is 0 Å². The fourth-order valence-corrected chi connectivity index (χ4v) is 4.83. The first-order chi connectivity index (χ1) is 19.4. The topological polar surface area (TPSA) is 152 Å². The van der Waals surface area contributed by atoms with Crippen LogP contribution in [0.15, 0.2) is 65.7 Å². The maximum atomic E-state index is 14.3. The summed E-state index contributed by atoms with van der Waals surface area (Å²) < 4.78 is 3.24. The lowest BCUT2D eigenvalue weighted by Gasteiger charge is -2.26. The van der Waals surface area contributed by atoms with E-state index in [1.807, 2.05) is 60.4 Å². The highest BCUT2D eigenvalue weighted by atomic mass is 16.3. The van der Waals surface area contributed by atoms with Crippen molar-refractivity contribution >= 4 is 22.7 Å². The monoisotopic (exact) mass is 535 g/mol. The molecule has 40 heavy (non-hydrogen) atoms. The molecule has 11 nitrogen and oxygen atoms in total. The summed E-state index contributed by atoms with van der Waals surface area (Å²) in [4.78, 5) is 29.8. The number of rotatable bonds is 9. The third kappa shape index (κ3) is 5.00. The van der Waals surface area contributed by atoms with Crippen LogP contribution in [0.25, 0.3) is 27.7 Å². The Morgan fingerprint density at radius 1 is 1.10 bits per heavy atom. The van der Waals surface area contributed by atoms with Crippen molar-refractivity contribution in [2.45, 2.75) is 33.4 Å². The number of hydrogen-bond acceptors (Lipinski definition) is 9. The van der Waals surface area contributed by atoms with Gasteiger partial charge < -0.3 is 15.7 Å². The zero-order chi connectivity index (χ0) is 28.2. The van der Waals surface area contributed by atoms with E-state index in [-0.39, 0.29) is 24.7 Å². The second kappa shape index (κ2) is 11.3. The quantitative estimate of drug-likeness (QED) is 0.290. The molecule has 0 bridgehead atoms. The molecule has 3 aromatic heterocycles. The van der Waals surface area contributed by atoms with Crippen molar-refractivity contribution in [2.24, 2.45) is 0 Å². The lowest BCUT2D eigenvalue weighted by molar-refractivity contribution is 0.269. The minimum atomic E-state index is -0.230. The predicted octanol–water partition coefficient (Wildman–Crippen LogP) is 3.21. The van der Waals surface area contributed by atoms with Gasteiger partial charge >= 0.3 is 0 Å². The highest BCUT2D eigenvalue weighted by Crippen LogP contribution is 2.28. The molecule has 0 amide bonds. The third-order valence-corrected chi connectivity index (χ3v) is 6.58. The standard InChI is InChI=1S/C29H29N9O2/c1-3-12-36(27-23(15-30)19(2)33-29(31)35-27)18-25-34-24-11-7-10-22(20-16-32-37(17-20)13-14-39)26(24)28(40)38(25)21-8-5-4-6-9-21/h4-11,16-17,39H,3,12-14,18H2,1-2H3,(H2,31,33,35). The van der Waals surface area contributed by atoms with Gasteiger partial charge in [-0.1, -0.05) is 37.3 Å². The summed E-state index contributed by atoms with van der Waals surface area (Å²) >= 11 is 0. The molecule has 0 unspecified atom stereocenters. The van der Waals surface area contributed by atoms with Crippen LogP contribution >= 0.6 is 0 Å². The van der Waals surface area contributed by atoms with Gasteiger partial charge in [-0.2, -0.15) is 15.3 Å². The molecule has 0 atom stereocenters. The van der Waals surface area contributed by atoms with Gasteiger partial charge in [-0.05, 0) is 37.1 Å². The molecule has 0 aliphatic rings. The van der Waals surface area contributed by atoms with E-state index in [1.165, 1.54) is 0 Å². The minimum absolute atomic E-state index is 0.0400. The second-order valence-corrected chi connectivity index (χ2v) is 9.32. The number of nitrogen functional groups attached to an aromatic ring is 1. The van der Waals surface area contributed by atoms with Crippen molar-refractivity contribution < 1.29 is 5.11 Å². The van der Waals surface area contributed by atoms with E-state index in [2.05, 4.69) is 21.1 Å². The van der Waals surface area contributed by atoms with Gasteiger partial charge in [-0.25, -0.2) is 9.97 Å². The van der Waals surface area contributed by atoms with Crippen molar-refractivity contribution in [3.8, 4) is 22.9 Å². The van der Waals surface area contributed by atoms with Crippen LogP contribution in [0.5, 0.6) is 0 Å². The second-order valence-electron chi connectivity index (χ2n) is 9.32. The Balaban J connectivity index is 1.73. The summed E-state index contributed by atoms with van der Waals surface area (Å²) in [6.07, 6.45) is 4.25. The summed E-state index contributed by atoms with van der Waals surface area (Å²) in [5.74, 6) is 0.975. The van der Waals surface area contributed by atoms with Crippen LogP contribution in [-0.2, 0) is 13.1 Å². The third-order valence-electron chi connectivity index (χ3n) is 6.58. The zero-order valence-corrected chi connectivity index (χ0v) is 22.3. The maximum Gasteiger partial charge on any atom is 0.266 e. The van der Waals surface area contributed by atoms with Crippen molar-refractivity contribution in [3.63, 3.8) is 0 Å². The average Bonchev–Trinajstić information content (AvgIpc) is 3.41. The Hall–Kier alpha value is -5.08. The lowest BCUT2D eigenvalue weighted by Crippen LogP contribution is -2.32. The van der Waals surface area contributed by atoms with Gasteiger partial charge in [0.25, 0.3) is 5.56 Å². The molecule has 0 aliphatic heterocycles. The Morgan fingerprint density at radius 3 is 2.62 bits per heavy atom. The summed E-state index contributed by atoms with van der Waals surface area (Å²) in [6, 6.07) is 17.1. The SMILES string of the molecule is CCCN(Cc1nc2cccc(-c3cnn(CCO)c3)c2c(=O)n1-c1ccccc1)c1nc(N)nc(C)c1C#N. The molecule has 5 rings (SSSR count). The van der Waals surface area contributed by atoms with Crippen molar-refractivity contribution in [1.29, 1.82) is 5.26 Å². The Labute approximate surface area is 230 Å². The summed E-state index contributed by atoms with van der Waals surface area (Å²) in [7, 11) is 0. The van der Waals surface area contributed by atoms with Crippen molar-refractivity contribution in [1.82, 2.24) is 29.3 Å². The predicted molar refractivity (Wildman–Crippen MR) is 153 cm³/mol. The zero-order valence-electron chi connectivity index (χ0n) is 22.3. The Bertz CT molecular complexity index is 1770. The van der Waals surface area contributed by atoms with Gasteiger partial charge in [0.15, 0.2) is 5.82 Å². The summed E-state index contributed by atoms with van der Waals surface area (Å²) in [5.41, 5.74) is 9.22. The van der Waals surface area contributed by atoms with E-state index >= 15 is 0 Å². The molecular formula is C29H29N9O2. The number of aryl methyl sites for hydroxylation is 1. The number of aliphatic hydroxyl groups is 1. The number of nitrogens with two attached hydrogens (primary N) is 1. The number of hydrogen-bond donors (Lipinski definition) is 2. The molecule has 0 spiro atoms. The maximum absolute atomic E-state index is 14.3. The molecule has 11 heteroatoms. The van der Waals surface area contributed by atoms with Gasteiger partial charge in [0.2, 0.25) is 5.95 Å². The number of benzene rings is 2. The lowest BCUT2D eigenvalue weighted by atomic mass is 10.0. The largest absolute Gasteiger partial charge is 0.394 e. The van der Waals surface area contributed by atoms with Gasteiger partial charge in [0.1, 0.15) is 17.5 Å². The first kappa shape index (κ1) is 26.5. The smallest absolute Gasteiger partial charge is 0.266 e. The van der Waals surface area contributed by atoms with E-state index in [0.717, 1.165) is 12.0 Å². The molecule has 2 aromatic carbocycles. The number of aliphatic hydroxyl groups excluding tert-OH is 1. The normalized spacial score (nSPS) is 11.1. The number of aromatic nitrogens is 6. The minimum Gasteiger partial charge on any atom is -0.394 e.